The number of aliphatic hydroxyl groups excluding tert-OH is 1. The number of nitrogens with two attached hydrogens (primary N) is 1. The molecule has 6 atom stereocenters. The highest BCUT2D eigenvalue weighted by molar-refractivity contribution is 7.52. The highest BCUT2D eigenvalue weighted by Gasteiger charge is 2.57. The molecule has 0 saturated carbocycles. The number of carbonyl (C=O) groups is 1. The zero-order chi connectivity index (χ0) is 29.9. The molecule has 17 heteroatoms. The summed E-state index contributed by atoms with van der Waals surface area (Å²) in [5.41, 5.74) is 6.31. The van der Waals surface area contributed by atoms with Crippen molar-refractivity contribution in [2.75, 3.05) is 31.4 Å². The highest BCUT2D eigenvalue weighted by atomic mass is 35.5. The average Bonchev–Trinajstić information content (AvgIpc) is 3.45. The Hall–Kier alpha value is -3.07. The Morgan fingerprint density at radius 2 is 2.02 bits per heavy atom. The Balaban J connectivity index is 1.59. The molecule has 1 saturated heterocycles. The van der Waals surface area contributed by atoms with Gasteiger partial charge in [0.2, 0.25) is 5.95 Å². The molecule has 5 N–H and O–H groups in total. The largest absolute Gasteiger partial charge is 0.462 e. The van der Waals surface area contributed by atoms with E-state index in [0.29, 0.717) is 11.3 Å². The van der Waals surface area contributed by atoms with Crippen LogP contribution in [0.5, 0.6) is 5.75 Å². The zero-order valence-corrected chi connectivity index (χ0v) is 24.4. The maximum absolute atomic E-state index is 14.4. The third kappa shape index (κ3) is 6.55. The van der Waals surface area contributed by atoms with E-state index in [-0.39, 0.29) is 17.3 Å². The van der Waals surface area contributed by atoms with Crippen LogP contribution in [-0.2, 0) is 23.4 Å². The predicted octanol–water partition coefficient (Wildman–Crippen LogP) is 2.79. The SMILES string of the molecule is CNc1nc(N)nc2c1ncn2[C@@H]1O[C@H](CO[P@@](=O)(N[C@H](C)C(=O)OC(C)C)Oc2ccccc2)[C@@H](O)[C@]1(Cl)CF. The molecule has 0 spiro atoms. The van der Waals surface area contributed by atoms with E-state index >= 15 is 0 Å². The molecule has 0 bridgehead atoms. The van der Waals surface area contributed by atoms with Crippen molar-refractivity contribution in [2.45, 2.75) is 56.2 Å². The standard InChI is InChI=1S/C24H32ClFN7O7P/c1-13(2)38-21(35)14(3)32-41(36,40-15-8-6-5-7-9-15)37-10-16-18(34)24(25,11-26)22(39-16)33-12-29-17-19(28-4)30-23(27)31-20(17)33/h5-9,12-14,16,18,22,34H,10-11H2,1-4H3,(H,32,36)(H3,27,28,30,31)/t14-,16-,18-,22-,24-,41+/m1/s1. The number of hydrogen-bond donors (Lipinski definition) is 4. The first kappa shape index (κ1) is 30.9. The van der Waals surface area contributed by atoms with Crippen molar-refractivity contribution >= 4 is 48.2 Å². The van der Waals surface area contributed by atoms with Crippen LogP contribution in [-0.4, -0.2) is 80.2 Å². The lowest BCUT2D eigenvalue weighted by Gasteiger charge is -2.27. The van der Waals surface area contributed by atoms with E-state index in [4.69, 9.17) is 35.9 Å². The number of alkyl halides is 2. The number of benzene rings is 1. The number of halogens is 2. The van der Waals surface area contributed by atoms with Crippen LogP contribution < -0.4 is 20.7 Å². The van der Waals surface area contributed by atoms with Crippen molar-refractivity contribution in [1.29, 1.82) is 0 Å². The van der Waals surface area contributed by atoms with Gasteiger partial charge in [0, 0.05) is 7.05 Å². The number of aromatic nitrogens is 4. The number of ether oxygens (including phenoxy) is 2. The van der Waals surface area contributed by atoms with Gasteiger partial charge in [0.25, 0.3) is 0 Å². The van der Waals surface area contributed by atoms with E-state index < -0.39 is 62.5 Å². The summed E-state index contributed by atoms with van der Waals surface area (Å²) in [7, 11) is -2.69. The lowest BCUT2D eigenvalue weighted by atomic mass is 10.0. The number of esters is 1. The molecule has 3 heterocycles. The van der Waals surface area contributed by atoms with E-state index in [9.17, 15) is 18.9 Å². The van der Waals surface area contributed by atoms with Crippen LogP contribution in [0, 0.1) is 0 Å². The second kappa shape index (κ2) is 12.4. The third-order valence-electron chi connectivity index (χ3n) is 6.13. The van der Waals surface area contributed by atoms with Gasteiger partial charge in [-0.05, 0) is 32.9 Å². The van der Waals surface area contributed by atoms with Crippen LogP contribution in [0.2, 0.25) is 0 Å². The van der Waals surface area contributed by atoms with Gasteiger partial charge in [-0.3, -0.25) is 13.9 Å². The zero-order valence-electron chi connectivity index (χ0n) is 22.7. The Kier molecular flexibility index (Phi) is 9.36. The fourth-order valence-corrected chi connectivity index (χ4v) is 5.96. The molecule has 41 heavy (non-hydrogen) atoms. The number of hydrogen-bond acceptors (Lipinski definition) is 12. The molecule has 0 radical (unpaired) electrons. The Morgan fingerprint density at radius 1 is 1.32 bits per heavy atom. The maximum Gasteiger partial charge on any atom is 0.459 e. The monoisotopic (exact) mass is 615 g/mol. The number of aliphatic hydroxyl groups is 1. The summed E-state index contributed by atoms with van der Waals surface area (Å²) >= 11 is 6.60. The van der Waals surface area contributed by atoms with E-state index in [1.54, 1.807) is 39.1 Å². The minimum absolute atomic E-state index is 0.0855. The molecule has 1 fully saturated rings. The molecular formula is C24H32ClFN7O7P. The van der Waals surface area contributed by atoms with E-state index in [0.717, 1.165) is 0 Å². The minimum Gasteiger partial charge on any atom is -0.462 e. The van der Waals surface area contributed by atoms with Crippen molar-refractivity contribution in [3.05, 3.63) is 36.7 Å². The van der Waals surface area contributed by atoms with Gasteiger partial charge in [-0.1, -0.05) is 18.2 Å². The first-order chi connectivity index (χ1) is 19.4. The average molecular weight is 616 g/mol. The lowest BCUT2D eigenvalue weighted by Crippen LogP contribution is -2.44. The normalized spacial score (nSPS) is 24.7. The summed E-state index contributed by atoms with van der Waals surface area (Å²) < 4.78 is 51.9. The number of fused-ring (bicyclic) bond motifs is 1. The molecule has 3 aromatic rings. The van der Waals surface area contributed by atoms with Crippen LogP contribution >= 0.6 is 19.3 Å². The number of anilines is 2. The van der Waals surface area contributed by atoms with Gasteiger partial charge < -0.3 is 30.2 Å². The van der Waals surface area contributed by atoms with Gasteiger partial charge >= 0.3 is 13.7 Å². The van der Waals surface area contributed by atoms with Gasteiger partial charge in [0.15, 0.2) is 23.2 Å². The maximum atomic E-state index is 14.4. The minimum atomic E-state index is -4.30. The van der Waals surface area contributed by atoms with Crippen LogP contribution in [0.4, 0.5) is 16.2 Å². The fourth-order valence-electron chi connectivity index (χ4n) is 4.17. The van der Waals surface area contributed by atoms with Crippen molar-refractivity contribution in [2.24, 2.45) is 0 Å². The summed E-state index contributed by atoms with van der Waals surface area (Å²) in [6.45, 7) is 2.98. The number of para-hydroxylation sites is 1. The molecule has 14 nitrogen and oxygen atoms in total. The van der Waals surface area contributed by atoms with Gasteiger partial charge in [0.05, 0.1) is 19.0 Å². The number of carbonyl (C=O) groups excluding carboxylic acids is 1. The van der Waals surface area contributed by atoms with E-state index in [2.05, 4.69) is 25.4 Å². The number of nitrogens with one attached hydrogen (secondary N) is 2. The lowest BCUT2D eigenvalue weighted by molar-refractivity contribution is -0.149. The quantitative estimate of drug-likeness (QED) is 0.133. The number of imidazole rings is 1. The molecule has 1 aliphatic rings. The Morgan fingerprint density at radius 3 is 2.66 bits per heavy atom. The number of nitrogens with zero attached hydrogens (tertiary/aromatic N) is 4. The van der Waals surface area contributed by atoms with Crippen LogP contribution in [0.15, 0.2) is 36.7 Å². The van der Waals surface area contributed by atoms with Crippen molar-refractivity contribution in [3.8, 4) is 5.75 Å². The summed E-state index contributed by atoms with van der Waals surface area (Å²) in [4.78, 5) is 22.9. The molecule has 224 valence electrons. The Bertz CT molecular complexity index is 1420. The van der Waals surface area contributed by atoms with Gasteiger partial charge in [-0.15, -0.1) is 11.6 Å². The summed E-state index contributed by atoms with van der Waals surface area (Å²) in [5.74, 6) is -0.279. The van der Waals surface area contributed by atoms with Crippen molar-refractivity contribution < 1.29 is 37.4 Å². The number of rotatable bonds is 12. The van der Waals surface area contributed by atoms with Crippen LogP contribution in [0.1, 0.15) is 27.0 Å². The molecular weight excluding hydrogens is 584 g/mol. The molecule has 0 amide bonds. The second-order valence-corrected chi connectivity index (χ2v) is 12.0. The molecule has 0 aliphatic carbocycles. The molecule has 2 aromatic heterocycles. The summed E-state index contributed by atoms with van der Waals surface area (Å²) in [6, 6.07) is 7.01. The summed E-state index contributed by atoms with van der Waals surface area (Å²) in [5, 5.41) is 16.4. The third-order valence-corrected chi connectivity index (χ3v) is 8.28. The van der Waals surface area contributed by atoms with Gasteiger partial charge in [0.1, 0.15) is 35.5 Å². The molecule has 1 aliphatic heterocycles. The predicted molar refractivity (Wildman–Crippen MR) is 148 cm³/mol. The van der Waals surface area contributed by atoms with Gasteiger partial charge in [-0.25, -0.2) is 13.9 Å². The molecule has 0 unspecified atom stereocenters. The van der Waals surface area contributed by atoms with Gasteiger partial charge in [-0.2, -0.15) is 15.1 Å². The first-order valence-electron chi connectivity index (χ1n) is 12.6. The number of nitrogen functional groups attached to an aromatic ring is 1. The first-order valence-corrected chi connectivity index (χ1v) is 14.6. The topological polar surface area (TPSA) is 185 Å². The van der Waals surface area contributed by atoms with E-state index in [1.807, 2.05) is 0 Å². The molecule has 4 rings (SSSR count). The Labute approximate surface area is 240 Å². The highest BCUT2D eigenvalue weighted by Crippen LogP contribution is 2.49. The fraction of sp³-hybridized carbons (Fsp3) is 0.500. The molecule has 1 aromatic carbocycles. The second-order valence-electron chi connectivity index (χ2n) is 9.57. The van der Waals surface area contributed by atoms with Crippen LogP contribution in [0.3, 0.4) is 0 Å². The smallest absolute Gasteiger partial charge is 0.459 e. The van der Waals surface area contributed by atoms with Crippen molar-refractivity contribution in [1.82, 2.24) is 24.6 Å². The van der Waals surface area contributed by atoms with E-state index in [1.165, 1.54) is 30.0 Å². The summed E-state index contributed by atoms with van der Waals surface area (Å²) in [6.07, 6.45) is -3.37. The van der Waals surface area contributed by atoms with Crippen molar-refractivity contribution in [3.63, 3.8) is 0 Å². The van der Waals surface area contributed by atoms with Crippen LogP contribution in [0.25, 0.3) is 11.2 Å².